The molecule has 0 amide bonds. The normalized spacial score (nSPS) is 15.5. The molecule has 0 spiro atoms. The summed E-state index contributed by atoms with van der Waals surface area (Å²) in [6.45, 7) is 3.90. The summed E-state index contributed by atoms with van der Waals surface area (Å²) in [5.74, 6) is 0. The van der Waals surface area contributed by atoms with Crippen molar-refractivity contribution in [2.24, 2.45) is 0 Å². The first-order valence-electron chi connectivity index (χ1n) is 4.85. The summed E-state index contributed by atoms with van der Waals surface area (Å²) in [7, 11) is 1.69. The number of halogens is 1. The highest BCUT2D eigenvalue weighted by molar-refractivity contribution is 8.13. The zero-order valence-corrected chi connectivity index (χ0v) is 9.98. The van der Waals surface area contributed by atoms with Crippen LogP contribution in [0.3, 0.4) is 0 Å². The summed E-state index contributed by atoms with van der Waals surface area (Å²) in [4.78, 5) is 2.34. The molecule has 1 aromatic rings. The smallest absolute Gasteiger partial charge is 0.261 e. The Balaban J connectivity index is 2.50. The van der Waals surface area contributed by atoms with Crippen LogP contribution in [0.5, 0.6) is 0 Å². The Morgan fingerprint density at radius 2 is 2.20 bits per heavy atom. The monoisotopic (exact) mass is 245 g/mol. The SMILES string of the molecule is CCN1CCc2ccc(S(=O)(=O)Cl)cc21. The molecule has 1 aliphatic heterocycles. The molecular formula is C10H12ClNO2S. The van der Waals surface area contributed by atoms with Crippen LogP contribution in [0, 0.1) is 0 Å². The number of likely N-dealkylation sites (N-methyl/N-ethyl adjacent to an activating group) is 1. The van der Waals surface area contributed by atoms with Crippen molar-refractivity contribution in [3.05, 3.63) is 23.8 Å². The quantitative estimate of drug-likeness (QED) is 0.748. The Labute approximate surface area is 94.1 Å². The highest BCUT2D eigenvalue weighted by atomic mass is 35.7. The van der Waals surface area contributed by atoms with Crippen molar-refractivity contribution in [1.29, 1.82) is 0 Å². The number of hydrogen-bond donors (Lipinski definition) is 0. The summed E-state index contributed by atoms with van der Waals surface area (Å²) >= 11 is 0. The molecular weight excluding hydrogens is 234 g/mol. The maximum absolute atomic E-state index is 11.2. The molecule has 5 heteroatoms. The molecule has 2 rings (SSSR count). The van der Waals surface area contributed by atoms with E-state index in [9.17, 15) is 8.42 Å². The van der Waals surface area contributed by atoms with Gasteiger partial charge in [-0.05, 0) is 31.0 Å². The lowest BCUT2D eigenvalue weighted by atomic mass is 10.2. The Bertz CT molecular complexity index is 484. The number of nitrogens with zero attached hydrogens (tertiary/aromatic N) is 1. The van der Waals surface area contributed by atoms with Crippen molar-refractivity contribution < 1.29 is 8.42 Å². The Hall–Kier alpha value is -0.740. The van der Waals surface area contributed by atoms with E-state index in [0.29, 0.717) is 0 Å². The molecule has 0 fully saturated rings. The van der Waals surface area contributed by atoms with E-state index in [1.807, 2.05) is 6.07 Å². The second-order valence-electron chi connectivity index (χ2n) is 3.56. The van der Waals surface area contributed by atoms with Crippen LogP contribution in [0.15, 0.2) is 23.1 Å². The van der Waals surface area contributed by atoms with Crippen LogP contribution < -0.4 is 4.90 Å². The average Bonchev–Trinajstić information content (AvgIpc) is 2.57. The first-order valence-corrected chi connectivity index (χ1v) is 7.16. The maximum atomic E-state index is 11.2. The molecule has 0 saturated carbocycles. The van der Waals surface area contributed by atoms with Crippen molar-refractivity contribution in [1.82, 2.24) is 0 Å². The van der Waals surface area contributed by atoms with Gasteiger partial charge in [0.15, 0.2) is 0 Å². The third-order valence-electron chi connectivity index (χ3n) is 2.71. The number of rotatable bonds is 2. The fourth-order valence-corrected chi connectivity index (χ4v) is 2.68. The molecule has 1 aliphatic rings. The Morgan fingerprint density at radius 1 is 1.47 bits per heavy atom. The van der Waals surface area contributed by atoms with Gasteiger partial charge in [-0.1, -0.05) is 6.07 Å². The standard InChI is InChI=1S/C10H12ClNO2S/c1-2-12-6-5-8-3-4-9(7-10(8)12)15(11,13)14/h3-4,7H,2,5-6H2,1H3. The van der Waals surface area contributed by atoms with Crippen molar-refractivity contribution in [3.63, 3.8) is 0 Å². The maximum Gasteiger partial charge on any atom is 0.261 e. The molecule has 0 N–H and O–H groups in total. The molecule has 0 unspecified atom stereocenters. The van der Waals surface area contributed by atoms with Gasteiger partial charge in [-0.15, -0.1) is 0 Å². The third kappa shape index (κ3) is 1.96. The van der Waals surface area contributed by atoms with Crippen LogP contribution >= 0.6 is 10.7 Å². The first kappa shape index (κ1) is 10.8. The molecule has 0 bridgehead atoms. The molecule has 15 heavy (non-hydrogen) atoms. The zero-order valence-electron chi connectivity index (χ0n) is 8.40. The average molecular weight is 246 g/mol. The fourth-order valence-electron chi connectivity index (χ4n) is 1.91. The van der Waals surface area contributed by atoms with Crippen LogP contribution in [-0.2, 0) is 15.5 Å². The molecule has 3 nitrogen and oxygen atoms in total. The van der Waals surface area contributed by atoms with Crippen molar-refractivity contribution >= 4 is 25.4 Å². The van der Waals surface area contributed by atoms with Gasteiger partial charge >= 0.3 is 0 Å². The summed E-state index contributed by atoms with van der Waals surface area (Å²) in [6, 6.07) is 5.08. The highest BCUT2D eigenvalue weighted by Crippen LogP contribution is 2.31. The van der Waals surface area contributed by atoms with Crippen LogP contribution in [0.2, 0.25) is 0 Å². The minimum absolute atomic E-state index is 0.184. The van der Waals surface area contributed by atoms with E-state index in [0.717, 1.165) is 25.2 Å². The first-order chi connectivity index (χ1) is 7.02. The molecule has 0 saturated heterocycles. The van der Waals surface area contributed by atoms with E-state index in [1.54, 1.807) is 12.1 Å². The molecule has 0 atom stereocenters. The molecule has 0 aromatic heterocycles. The van der Waals surface area contributed by atoms with Gasteiger partial charge in [0.2, 0.25) is 0 Å². The summed E-state index contributed by atoms with van der Waals surface area (Å²) in [6.07, 6.45) is 0.978. The summed E-state index contributed by atoms with van der Waals surface area (Å²) in [5, 5.41) is 0. The predicted octanol–water partition coefficient (Wildman–Crippen LogP) is 2.00. The van der Waals surface area contributed by atoms with Gasteiger partial charge in [0.05, 0.1) is 4.90 Å². The van der Waals surface area contributed by atoms with Crippen LogP contribution in [0.1, 0.15) is 12.5 Å². The fraction of sp³-hybridized carbons (Fsp3) is 0.400. The van der Waals surface area contributed by atoms with E-state index in [4.69, 9.17) is 10.7 Å². The number of hydrogen-bond acceptors (Lipinski definition) is 3. The minimum atomic E-state index is -3.61. The van der Waals surface area contributed by atoms with Crippen molar-refractivity contribution in [2.75, 3.05) is 18.0 Å². The topological polar surface area (TPSA) is 37.4 Å². The van der Waals surface area contributed by atoms with Crippen molar-refractivity contribution in [3.8, 4) is 0 Å². The van der Waals surface area contributed by atoms with Gasteiger partial charge in [-0.25, -0.2) is 8.42 Å². The van der Waals surface area contributed by atoms with Crippen LogP contribution in [0.25, 0.3) is 0 Å². The third-order valence-corrected chi connectivity index (χ3v) is 4.06. The van der Waals surface area contributed by atoms with E-state index in [-0.39, 0.29) is 4.90 Å². The van der Waals surface area contributed by atoms with Gasteiger partial charge in [-0.3, -0.25) is 0 Å². The lowest BCUT2D eigenvalue weighted by Crippen LogP contribution is -2.19. The summed E-state index contributed by atoms with van der Waals surface area (Å²) in [5.41, 5.74) is 2.19. The zero-order chi connectivity index (χ0) is 11.1. The molecule has 0 radical (unpaired) electrons. The number of benzene rings is 1. The van der Waals surface area contributed by atoms with E-state index in [1.165, 1.54) is 5.56 Å². The lowest BCUT2D eigenvalue weighted by Gasteiger charge is -2.16. The van der Waals surface area contributed by atoms with Gasteiger partial charge in [-0.2, -0.15) is 0 Å². The number of fused-ring (bicyclic) bond motifs is 1. The second-order valence-corrected chi connectivity index (χ2v) is 6.12. The predicted molar refractivity (Wildman–Crippen MR) is 61.1 cm³/mol. The highest BCUT2D eigenvalue weighted by Gasteiger charge is 2.20. The van der Waals surface area contributed by atoms with Gasteiger partial charge in [0.25, 0.3) is 9.05 Å². The molecule has 1 aromatic carbocycles. The van der Waals surface area contributed by atoms with Gasteiger partial charge in [0.1, 0.15) is 0 Å². The Morgan fingerprint density at radius 3 is 2.80 bits per heavy atom. The van der Waals surface area contributed by atoms with E-state index in [2.05, 4.69) is 11.8 Å². The Kier molecular flexibility index (Phi) is 2.64. The number of anilines is 1. The van der Waals surface area contributed by atoms with Gasteiger partial charge in [0, 0.05) is 29.5 Å². The van der Waals surface area contributed by atoms with E-state index < -0.39 is 9.05 Å². The molecule has 82 valence electrons. The molecule has 0 aliphatic carbocycles. The lowest BCUT2D eigenvalue weighted by molar-refractivity contribution is 0.609. The second kappa shape index (κ2) is 3.68. The van der Waals surface area contributed by atoms with E-state index >= 15 is 0 Å². The van der Waals surface area contributed by atoms with Crippen molar-refractivity contribution in [2.45, 2.75) is 18.2 Å². The minimum Gasteiger partial charge on any atom is -0.371 e. The van der Waals surface area contributed by atoms with Crippen LogP contribution in [-0.4, -0.2) is 21.5 Å². The van der Waals surface area contributed by atoms with Gasteiger partial charge < -0.3 is 4.90 Å². The van der Waals surface area contributed by atoms with Crippen LogP contribution in [0.4, 0.5) is 5.69 Å². The largest absolute Gasteiger partial charge is 0.371 e. The molecule has 1 heterocycles. The summed E-state index contributed by atoms with van der Waals surface area (Å²) < 4.78 is 22.3.